The summed E-state index contributed by atoms with van der Waals surface area (Å²) in [4.78, 5) is 14.0. The second-order valence-electron chi connectivity index (χ2n) is 6.15. The zero-order chi connectivity index (χ0) is 22.9. The van der Waals surface area contributed by atoms with Crippen LogP contribution in [0.3, 0.4) is 0 Å². The predicted octanol–water partition coefficient (Wildman–Crippen LogP) is 6.06. The summed E-state index contributed by atoms with van der Waals surface area (Å²) in [5.74, 6) is 1.84. The molecule has 2 rings (SSSR count). The Morgan fingerprint density at radius 3 is 2.60 bits per heavy atom. The van der Waals surface area contributed by atoms with Crippen LogP contribution in [0.15, 0.2) is 41.7 Å². The van der Waals surface area contributed by atoms with E-state index in [0.29, 0.717) is 24.8 Å². The van der Waals surface area contributed by atoms with E-state index < -0.39 is 0 Å². The fraction of sp³-hybridized carbons (Fsp3) is 0.542. The van der Waals surface area contributed by atoms with Crippen LogP contribution in [0.2, 0.25) is 0 Å². The van der Waals surface area contributed by atoms with Crippen LogP contribution >= 0.6 is 11.6 Å². The molecule has 6 heteroatoms. The number of rotatable bonds is 8. The van der Waals surface area contributed by atoms with Gasteiger partial charge in [-0.15, -0.1) is 11.6 Å². The molecule has 1 aliphatic rings. The van der Waals surface area contributed by atoms with Crippen molar-refractivity contribution in [1.29, 1.82) is 0 Å². The van der Waals surface area contributed by atoms with Gasteiger partial charge in [-0.05, 0) is 36.6 Å². The number of likely N-dealkylation sites (N-methyl/N-ethyl adjacent to an activating group) is 1. The van der Waals surface area contributed by atoms with E-state index in [1.54, 1.807) is 18.0 Å². The van der Waals surface area contributed by atoms with E-state index in [1.807, 2.05) is 65.8 Å². The Kier molecular flexibility index (Phi) is 15.7. The van der Waals surface area contributed by atoms with Gasteiger partial charge in [-0.2, -0.15) is 0 Å². The quantitative estimate of drug-likeness (QED) is 0.280. The Balaban J connectivity index is 0.00000198. The highest BCUT2D eigenvalue weighted by atomic mass is 35.5. The molecular weight excluding hydrogens is 402 g/mol. The first kappa shape index (κ1) is 28.0. The van der Waals surface area contributed by atoms with Crippen LogP contribution in [0.4, 0.5) is 0 Å². The lowest BCUT2D eigenvalue weighted by Gasteiger charge is -2.21. The Morgan fingerprint density at radius 2 is 1.97 bits per heavy atom. The Hall–Kier alpha value is -1.98. The lowest BCUT2D eigenvalue weighted by atomic mass is 10.1. The van der Waals surface area contributed by atoms with Gasteiger partial charge in [-0.1, -0.05) is 52.8 Å². The molecule has 0 spiro atoms. The standard InChI is InChI=1S/C20H26ClNO4.2C2H6/c1-4-15(2)18(6-5-9-21)25-13-20(23)22(3)11-16-7-8-17-12-24-14-26-19(17)10-16;2*1-2/h5-8,10H,4,9,11-14H2,1-3H3;2*1-2H3/b6-5-,18-15-;;. The molecule has 1 heterocycles. The summed E-state index contributed by atoms with van der Waals surface area (Å²) >= 11 is 5.69. The van der Waals surface area contributed by atoms with Crippen molar-refractivity contribution in [3.8, 4) is 5.75 Å². The molecular formula is C24H38ClNO4. The molecule has 170 valence electrons. The minimum Gasteiger partial charge on any atom is -0.484 e. The zero-order valence-corrected chi connectivity index (χ0v) is 20.3. The zero-order valence-electron chi connectivity index (χ0n) is 19.6. The second kappa shape index (κ2) is 16.8. The topological polar surface area (TPSA) is 48.0 Å². The maximum absolute atomic E-state index is 12.4. The van der Waals surface area contributed by atoms with Crippen molar-refractivity contribution in [3.63, 3.8) is 0 Å². The number of ether oxygens (including phenoxy) is 3. The van der Waals surface area contributed by atoms with Crippen molar-refractivity contribution in [1.82, 2.24) is 4.90 Å². The van der Waals surface area contributed by atoms with Gasteiger partial charge in [0, 0.05) is 25.0 Å². The van der Waals surface area contributed by atoms with E-state index in [9.17, 15) is 4.79 Å². The maximum atomic E-state index is 12.4. The molecule has 1 amide bonds. The van der Waals surface area contributed by atoms with Crippen molar-refractivity contribution in [2.75, 3.05) is 26.3 Å². The molecule has 0 radical (unpaired) electrons. The van der Waals surface area contributed by atoms with Crippen LogP contribution in [0.5, 0.6) is 5.75 Å². The number of carbonyl (C=O) groups excluding carboxylic acids is 1. The number of allylic oxidation sites excluding steroid dienone is 3. The van der Waals surface area contributed by atoms with Gasteiger partial charge in [0.15, 0.2) is 13.4 Å². The molecule has 0 N–H and O–H groups in total. The number of hydrogen-bond acceptors (Lipinski definition) is 4. The molecule has 0 unspecified atom stereocenters. The highest BCUT2D eigenvalue weighted by molar-refractivity contribution is 6.18. The lowest BCUT2D eigenvalue weighted by molar-refractivity contribution is -0.133. The molecule has 0 saturated carbocycles. The van der Waals surface area contributed by atoms with Crippen molar-refractivity contribution in [2.24, 2.45) is 0 Å². The third kappa shape index (κ3) is 9.68. The minimum absolute atomic E-state index is 0.00885. The summed E-state index contributed by atoms with van der Waals surface area (Å²) in [6.07, 6.45) is 4.48. The van der Waals surface area contributed by atoms with E-state index in [2.05, 4.69) is 0 Å². The molecule has 1 aromatic rings. The summed E-state index contributed by atoms with van der Waals surface area (Å²) in [5, 5.41) is 0. The molecule has 0 aromatic heterocycles. The molecule has 0 atom stereocenters. The molecule has 0 fully saturated rings. The number of nitrogens with zero attached hydrogens (tertiary/aromatic N) is 1. The third-order valence-corrected chi connectivity index (χ3v) is 4.37. The molecule has 0 saturated heterocycles. The number of hydrogen-bond donors (Lipinski definition) is 0. The molecule has 5 nitrogen and oxygen atoms in total. The number of fused-ring (bicyclic) bond motifs is 1. The normalized spacial score (nSPS) is 12.9. The molecule has 0 bridgehead atoms. The van der Waals surface area contributed by atoms with Crippen molar-refractivity contribution >= 4 is 17.5 Å². The number of amides is 1. The summed E-state index contributed by atoms with van der Waals surface area (Å²) in [5.41, 5.74) is 3.10. The summed E-state index contributed by atoms with van der Waals surface area (Å²) < 4.78 is 16.4. The first-order valence-corrected chi connectivity index (χ1v) is 11.2. The number of carbonyl (C=O) groups is 1. The van der Waals surface area contributed by atoms with Gasteiger partial charge in [0.25, 0.3) is 5.91 Å². The van der Waals surface area contributed by atoms with E-state index in [4.69, 9.17) is 25.8 Å². The number of alkyl halides is 1. The van der Waals surface area contributed by atoms with Crippen LogP contribution in [0.1, 0.15) is 59.1 Å². The highest BCUT2D eigenvalue weighted by Gasteiger charge is 2.14. The summed E-state index contributed by atoms with van der Waals surface area (Å²) in [7, 11) is 1.76. The minimum atomic E-state index is -0.0901. The summed E-state index contributed by atoms with van der Waals surface area (Å²) in [6, 6.07) is 5.91. The Morgan fingerprint density at radius 1 is 1.27 bits per heavy atom. The molecule has 1 aliphatic heterocycles. The molecule has 0 aliphatic carbocycles. The average Bonchev–Trinajstić information content (AvgIpc) is 2.81. The maximum Gasteiger partial charge on any atom is 0.260 e. The monoisotopic (exact) mass is 439 g/mol. The highest BCUT2D eigenvalue weighted by Crippen LogP contribution is 2.25. The number of halogens is 1. The van der Waals surface area contributed by atoms with Gasteiger partial charge in [-0.3, -0.25) is 4.79 Å². The molecule has 30 heavy (non-hydrogen) atoms. The van der Waals surface area contributed by atoms with Crippen molar-refractivity contribution < 1.29 is 19.0 Å². The summed E-state index contributed by atoms with van der Waals surface area (Å²) in [6.45, 7) is 13.3. The number of benzene rings is 1. The van der Waals surface area contributed by atoms with Gasteiger partial charge >= 0.3 is 0 Å². The van der Waals surface area contributed by atoms with Crippen LogP contribution in [0, 0.1) is 0 Å². The molecule has 1 aromatic carbocycles. The van der Waals surface area contributed by atoms with E-state index >= 15 is 0 Å². The van der Waals surface area contributed by atoms with Gasteiger partial charge in [-0.25, -0.2) is 0 Å². The fourth-order valence-corrected chi connectivity index (χ4v) is 2.55. The first-order valence-electron chi connectivity index (χ1n) is 10.7. The van der Waals surface area contributed by atoms with E-state index in [-0.39, 0.29) is 19.3 Å². The van der Waals surface area contributed by atoms with Crippen LogP contribution < -0.4 is 4.74 Å². The Bertz CT molecular complexity index is 686. The smallest absolute Gasteiger partial charge is 0.260 e. The largest absolute Gasteiger partial charge is 0.484 e. The fourth-order valence-electron chi connectivity index (χ4n) is 2.46. The van der Waals surface area contributed by atoms with Crippen molar-refractivity contribution in [3.05, 3.63) is 52.8 Å². The Labute approximate surface area is 187 Å². The van der Waals surface area contributed by atoms with E-state index in [1.165, 1.54) is 0 Å². The van der Waals surface area contributed by atoms with E-state index in [0.717, 1.165) is 28.9 Å². The third-order valence-electron chi connectivity index (χ3n) is 4.19. The van der Waals surface area contributed by atoms with Gasteiger partial charge in [0.05, 0.1) is 6.61 Å². The van der Waals surface area contributed by atoms with Crippen LogP contribution in [-0.4, -0.2) is 37.1 Å². The van der Waals surface area contributed by atoms with Gasteiger partial charge < -0.3 is 19.1 Å². The average molecular weight is 440 g/mol. The lowest BCUT2D eigenvalue weighted by Crippen LogP contribution is -2.30. The van der Waals surface area contributed by atoms with Crippen LogP contribution in [0.25, 0.3) is 0 Å². The van der Waals surface area contributed by atoms with Crippen molar-refractivity contribution in [2.45, 2.75) is 61.1 Å². The van der Waals surface area contributed by atoms with Gasteiger partial charge in [0.2, 0.25) is 0 Å². The first-order chi connectivity index (χ1) is 14.5. The SMILES string of the molecule is CC.CC.CC/C(C)=C(/C=C\CCl)OCC(=O)N(C)Cc1ccc2c(c1)OCOC2. The second-order valence-corrected chi connectivity index (χ2v) is 6.45. The predicted molar refractivity (Wildman–Crippen MR) is 125 cm³/mol. The van der Waals surface area contributed by atoms with Gasteiger partial charge in [0.1, 0.15) is 11.5 Å². The van der Waals surface area contributed by atoms with Crippen LogP contribution in [-0.2, 0) is 27.4 Å².